The number of hydrogen-bond acceptors (Lipinski definition) is 2. The maximum absolute atomic E-state index is 10.4. The summed E-state index contributed by atoms with van der Waals surface area (Å²) in [6, 6.07) is 0. The first kappa shape index (κ1) is 12.2. The normalized spacial score (nSPS) is 23.3. The van der Waals surface area contributed by atoms with Crippen LogP contribution in [0.3, 0.4) is 0 Å². The van der Waals surface area contributed by atoms with Gasteiger partial charge < -0.3 is 4.55 Å². The molecular weight excluding hydrogens is 269 g/mol. The Morgan fingerprint density at radius 3 is 2.00 bits per heavy atom. The zero-order chi connectivity index (χ0) is 6.69. The maximum Gasteiger partial charge on any atom is 1.00 e. The average Bonchev–Trinajstić information content (AvgIpc) is 1.90. The molecule has 1 fully saturated rings. The van der Waals surface area contributed by atoms with E-state index >= 15 is 0 Å². The molecule has 1 aliphatic carbocycles. The van der Waals surface area contributed by atoms with Gasteiger partial charge in [-0.15, -0.1) is 0 Å². The van der Waals surface area contributed by atoms with Gasteiger partial charge in [0.1, 0.15) is 0 Å². The molecule has 1 saturated carbocycles. The van der Waals surface area contributed by atoms with Gasteiger partial charge in [-0.05, 0) is 12.8 Å². The summed E-state index contributed by atoms with van der Waals surface area (Å²) < 4.78 is 20.7. The van der Waals surface area contributed by atoms with Gasteiger partial charge in [0.2, 0.25) is 0 Å². The fraction of sp³-hybridized carbons (Fsp3) is 1.00. The fourth-order valence-corrected chi connectivity index (χ4v) is 1.98. The van der Waals surface area contributed by atoms with Crippen molar-refractivity contribution in [2.24, 2.45) is 0 Å². The van der Waals surface area contributed by atoms with E-state index in [4.69, 9.17) is 0 Å². The molecule has 0 radical (unpaired) electrons. The van der Waals surface area contributed by atoms with Crippen molar-refractivity contribution in [1.29, 1.82) is 0 Å². The Kier molecular flexibility index (Phi) is 8.09. The first-order valence-electron chi connectivity index (χ1n) is 3.39. The summed E-state index contributed by atoms with van der Waals surface area (Å²) in [5.74, 6) is 0. The van der Waals surface area contributed by atoms with Gasteiger partial charge in [-0.3, -0.25) is 4.21 Å². The quantitative estimate of drug-likeness (QED) is 0.532. The van der Waals surface area contributed by atoms with Crippen molar-refractivity contribution in [3.05, 3.63) is 0 Å². The van der Waals surface area contributed by atoms with Crippen LogP contribution in [0, 0.1) is 0 Å². The van der Waals surface area contributed by atoms with Gasteiger partial charge in [0.15, 0.2) is 0 Å². The second kappa shape index (κ2) is 6.65. The fourth-order valence-electron chi connectivity index (χ4n) is 1.26. The van der Waals surface area contributed by atoms with Crippen LogP contribution in [0.2, 0.25) is 0 Å². The molecular formula is C6H11CsO2S. The van der Waals surface area contributed by atoms with E-state index in [0.717, 1.165) is 25.7 Å². The Hall–Kier alpha value is 2.16. The summed E-state index contributed by atoms with van der Waals surface area (Å²) in [5, 5.41) is -0.0289. The molecule has 1 aliphatic rings. The third kappa shape index (κ3) is 4.25. The van der Waals surface area contributed by atoms with Crippen LogP contribution in [0.4, 0.5) is 0 Å². The Balaban J connectivity index is 0.000000810. The minimum atomic E-state index is -1.80. The third-order valence-corrected chi connectivity index (χ3v) is 2.84. The summed E-state index contributed by atoms with van der Waals surface area (Å²) in [6.45, 7) is 0. The molecule has 0 heterocycles. The molecule has 0 bridgehead atoms. The van der Waals surface area contributed by atoms with Gasteiger partial charge in [0, 0.05) is 5.25 Å². The van der Waals surface area contributed by atoms with Crippen molar-refractivity contribution < 1.29 is 77.7 Å². The second-order valence-corrected chi connectivity index (χ2v) is 3.71. The van der Waals surface area contributed by atoms with Gasteiger partial charge in [-0.2, -0.15) is 0 Å². The van der Waals surface area contributed by atoms with Crippen molar-refractivity contribution in [2.75, 3.05) is 0 Å². The SMILES string of the molecule is O=S([O-])C1CCCCC1.[Cs+]. The van der Waals surface area contributed by atoms with E-state index in [9.17, 15) is 8.76 Å². The summed E-state index contributed by atoms with van der Waals surface area (Å²) in [4.78, 5) is 0. The minimum absolute atomic E-state index is 0. The first-order chi connectivity index (χ1) is 4.30. The summed E-state index contributed by atoms with van der Waals surface area (Å²) in [7, 11) is 0. The van der Waals surface area contributed by atoms with Gasteiger partial charge >= 0.3 is 68.9 Å². The van der Waals surface area contributed by atoms with Crippen molar-refractivity contribution >= 4 is 11.1 Å². The van der Waals surface area contributed by atoms with Crippen molar-refractivity contribution in [3.8, 4) is 0 Å². The predicted molar refractivity (Wildman–Crippen MR) is 35.8 cm³/mol. The van der Waals surface area contributed by atoms with E-state index in [2.05, 4.69) is 0 Å². The van der Waals surface area contributed by atoms with Crippen molar-refractivity contribution in [1.82, 2.24) is 0 Å². The van der Waals surface area contributed by atoms with Crippen LogP contribution < -0.4 is 68.9 Å². The smallest absolute Gasteiger partial charge is 0.772 e. The zero-order valence-corrected chi connectivity index (χ0v) is 13.4. The molecule has 1 atom stereocenters. The summed E-state index contributed by atoms with van der Waals surface area (Å²) >= 11 is -1.80. The molecule has 1 unspecified atom stereocenters. The standard InChI is InChI=1S/C6H12O2S.Cs/c7-9(8)6-4-2-1-3-5-6;/h6H,1-5H2,(H,7,8);/q;+1/p-1. The molecule has 0 N–H and O–H groups in total. The zero-order valence-electron chi connectivity index (χ0n) is 6.34. The van der Waals surface area contributed by atoms with Gasteiger partial charge in [-0.25, -0.2) is 0 Å². The van der Waals surface area contributed by atoms with Crippen molar-refractivity contribution in [3.63, 3.8) is 0 Å². The van der Waals surface area contributed by atoms with Crippen LogP contribution in [0.1, 0.15) is 32.1 Å². The molecule has 0 spiro atoms. The summed E-state index contributed by atoms with van der Waals surface area (Å²) in [6.07, 6.45) is 5.18. The molecule has 0 aliphatic heterocycles. The molecule has 0 saturated heterocycles. The molecule has 2 nitrogen and oxygen atoms in total. The predicted octanol–water partition coefficient (Wildman–Crippen LogP) is -1.80. The van der Waals surface area contributed by atoms with E-state index < -0.39 is 11.1 Å². The molecule has 1 rings (SSSR count). The van der Waals surface area contributed by atoms with Gasteiger partial charge in [0.25, 0.3) is 0 Å². The number of rotatable bonds is 1. The summed E-state index contributed by atoms with van der Waals surface area (Å²) in [5.41, 5.74) is 0. The van der Waals surface area contributed by atoms with E-state index in [0.29, 0.717) is 0 Å². The van der Waals surface area contributed by atoms with Gasteiger partial charge in [-0.1, -0.05) is 30.3 Å². The molecule has 0 aromatic carbocycles. The van der Waals surface area contributed by atoms with Crippen molar-refractivity contribution in [2.45, 2.75) is 37.4 Å². The monoisotopic (exact) mass is 280 g/mol. The van der Waals surface area contributed by atoms with Crippen LogP contribution in [0.15, 0.2) is 0 Å². The molecule has 0 amide bonds. The van der Waals surface area contributed by atoms with E-state index in [-0.39, 0.29) is 74.1 Å². The molecule has 10 heavy (non-hydrogen) atoms. The Labute approximate surface area is 123 Å². The Morgan fingerprint density at radius 1 is 1.20 bits per heavy atom. The maximum atomic E-state index is 10.4. The van der Waals surface area contributed by atoms with Crippen LogP contribution in [0.25, 0.3) is 0 Å². The molecule has 0 aromatic rings. The topological polar surface area (TPSA) is 40.1 Å². The molecule has 54 valence electrons. The van der Waals surface area contributed by atoms with Crippen LogP contribution >= 0.6 is 0 Å². The first-order valence-corrected chi connectivity index (χ1v) is 4.52. The molecule has 4 heteroatoms. The Bertz CT molecular complexity index is 112. The van der Waals surface area contributed by atoms with E-state index in [1.807, 2.05) is 0 Å². The van der Waals surface area contributed by atoms with Gasteiger partial charge in [0.05, 0.1) is 0 Å². The third-order valence-electron chi connectivity index (χ3n) is 1.82. The van der Waals surface area contributed by atoms with Crippen LogP contribution in [-0.2, 0) is 11.1 Å². The number of hydrogen-bond donors (Lipinski definition) is 0. The molecule has 0 aromatic heterocycles. The Morgan fingerprint density at radius 2 is 1.70 bits per heavy atom. The minimum Gasteiger partial charge on any atom is -0.772 e. The average molecular weight is 280 g/mol. The van der Waals surface area contributed by atoms with E-state index in [1.54, 1.807) is 0 Å². The van der Waals surface area contributed by atoms with E-state index in [1.165, 1.54) is 6.42 Å². The largest absolute Gasteiger partial charge is 1.00 e. The van der Waals surface area contributed by atoms with Crippen LogP contribution in [-0.4, -0.2) is 14.0 Å². The van der Waals surface area contributed by atoms with Crippen LogP contribution in [0.5, 0.6) is 0 Å². The second-order valence-electron chi connectivity index (χ2n) is 2.52.